The SMILES string of the molecule is COc1ccnc(-n2cnc(C#N)n2)n1. The van der Waals surface area contributed by atoms with Gasteiger partial charge < -0.3 is 4.74 Å². The Hall–Kier alpha value is -2.49. The summed E-state index contributed by atoms with van der Waals surface area (Å²) >= 11 is 0. The fraction of sp³-hybridized carbons (Fsp3) is 0.125. The molecule has 0 amide bonds. The maximum Gasteiger partial charge on any atom is 0.255 e. The lowest BCUT2D eigenvalue weighted by atomic mass is 10.6. The smallest absolute Gasteiger partial charge is 0.255 e. The molecule has 0 saturated carbocycles. The Labute approximate surface area is 85.0 Å². The lowest BCUT2D eigenvalue weighted by Gasteiger charge is -2.00. The Morgan fingerprint density at radius 2 is 2.33 bits per heavy atom. The molecule has 2 heterocycles. The first kappa shape index (κ1) is 9.08. The van der Waals surface area contributed by atoms with E-state index < -0.39 is 0 Å². The summed E-state index contributed by atoms with van der Waals surface area (Å²) in [4.78, 5) is 11.7. The summed E-state index contributed by atoms with van der Waals surface area (Å²) in [5.74, 6) is 0.804. The van der Waals surface area contributed by atoms with Gasteiger partial charge in [0.25, 0.3) is 11.8 Å². The normalized spacial score (nSPS) is 9.60. The molecular formula is C8H6N6O. The standard InChI is InChI=1S/C8H6N6O/c1-15-7-2-3-10-8(12-7)14-5-11-6(4-9)13-14/h2-3,5H,1H3. The van der Waals surface area contributed by atoms with Crippen molar-refractivity contribution in [1.82, 2.24) is 24.7 Å². The van der Waals surface area contributed by atoms with Crippen molar-refractivity contribution in [1.29, 1.82) is 5.26 Å². The molecule has 0 saturated heterocycles. The molecule has 7 heteroatoms. The number of hydrogen-bond donors (Lipinski definition) is 0. The highest BCUT2D eigenvalue weighted by molar-refractivity contribution is 5.17. The molecule has 0 bridgehead atoms. The monoisotopic (exact) mass is 202 g/mol. The van der Waals surface area contributed by atoms with Gasteiger partial charge in [-0.15, -0.1) is 5.10 Å². The van der Waals surface area contributed by atoms with Gasteiger partial charge in [0.1, 0.15) is 12.4 Å². The van der Waals surface area contributed by atoms with Crippen molar-refractivity contribution in [3.05, 3.63) is 24.4 Å². The van der Waals surface area contributed by atoms with Gasteiger partial charge in [-0.25, -0.2) is 9.97 Å². The molecule has 0 atom stereocenters. The molecule has 0 fully saturated rings. The number of ether oxygens (including phenoxy) is 1. The van der Waals surface area contributed by atoms with Gasteiger partial charge in [-0.3, -0.25) is 0 Å². The van der Waals surface area contributed by atoms with Crippen LogP contribution >= 0.6 is 0 Å². The van der Waals surface area contributed by atoms with Gasteiger partial charge in [-0.1, -0.05) is 0 Å². The Bertz CT molecular complexity index is 514. The lowest BCUT2D eigenvalue weighted by molar-refractivity contribution is 0.395. The maximum atomic E-state index is 8.54. The first-order chi connectivity index (χ1) is 7.33. The Kier molecular flexibility index (Phi) is 2.25. The molecular weight excluding hydrogens is 196 g/mol. The zero-order chi connectivity index (χ0) is 10.7. The molecule has 0 aliphatic heterocycles. The third kappa shape index (κ3) is 1.73. The highest BCUT2D eigenvalue weighted by Crippen LogP contribution is 2.06. The Morgan fingerprint density at radius 1 is 1.47 bits per heavy atom. The third-order valence-corrected chi connectivity index (χ3v) is 1.62. The van der Waals surface area contributed by atoms with Crippen LogP contribution in [0.15, 0.2) is 18.6 Å². The van der Waals surface area contributed by atoms with Crippen molar-refractivity contribution < 1.29 is 4.74 Å². The number of nitriles is 1. The van der Waals surface area contributed by atoms with Crippen molar-refractivity contribution in [3.63, 3.8) is 0 Å². The molecule has 0 spiro atoms. The summed E-state index contributed by atoms with van der Waals surface area (Å²) < 4.78 is 6.24. The van der Waals surface area contributed by atoms with Crippen molar-refractivity contribution in [2.75, 3.05) is 7.11 Å². The van der Waals surface area contributed by atoms with E-state index in [-0.39, 0.29) is 5.82 Å². The first-order valence-corrected chi connectivity index (χ1v) is 4.02. The highest BCUT2D eigenvalue weighted by atomic mass is 16.5. The minimum atomic E-state index is 0.0708. The topological polar surface area (TPSA) is 89.5 Å². The molecule has 0 aromatic carbocycles. The number of rotatable bonds is 2. The molecule has 0 aliphatic carbocycles. The predicted octanol–water partition coefficient (Wildman–Crippen LogP) is -0.0624. The summed E-state index contributed by atoms with van der Waals surface area (Å²) in [6.45, 7) is 0. The molecule has 74 valence electrons. The van der Waals surface area contributed by atoms with Crippen LogP contribution in [0.1, 0.15) is 5.82 Å². The molecule has 0 unspecified atom stereocenters. The van der Waals surface area contributed by atoms with Gasteiger partial charge in [0.05, 0.1) is 7.11 Å². The zero-order valence-corrected chi connectivity index (χ0v) is 7.82. The quantitative estimate of drug-likeness (QED) is 0.677. The van der Waals surface area contributed by atoms with Crippen LogP contribution in [0.4, 0.5) is 0 Å². The van der Waals surface area contributed by atoms with Crippen molar-refractivity contribution in [2.45, 2.75) is 0 Å². The van der Waals surface area contributed by atoms with Crippen molar-refractivity contribution in [2.24, 2.45) is 0 Å². The molecule has 7 nitrogen and oxygen atoms in total. The molecule has 0 radical (unpaired) electrons. The summed E-state index contributed by atoms with van der Waals surface area (Å²) in [6, 6.07) is 3.43. The van der Waals surface area contributed by atoms with E-state index in [4.69, 9.17) is 10.00 Å². The van der Waals surface area contributed by atoms with Gasteiger partial charge in [0.15, 0.2) is 0 Å². The van der Waals surface area contributed by atoms with E-state index in [2.05, 4.69) is 20.1 Å². The summed E-state index contributed by atoms with van der Waals surface area (Å²) in [5, 5.41) is 12.4. The van der Waals surface area contributed by atoms with Crippen LogP contribution in [-0.2, 0) is 0 Å². The fourth-order valence-electron chi connectivity index (χ4n) is 0.967. The largest absolute Gasteiger partial charge is 0.481 e. The molecule has 0 aliphatic rings. The Morgan fingerprint density at radius 3 is 3.00 bits per heavy atom. The molecule has 2 rings (SSSR count). The minimum absolute atomic E-state index is 0.0708. The van der Waals surface area contributed by atoms with Crippen LogP contribution in [0, 0.1) is 11.3 Å². The second-order valence-electron chi connectivity index (χ2n) is 2.52. The zero-order valence-electron chi connectivity index (χ0n) is 7.82. The van der Waals surface area contributed by atoms with E-state index in [1.807, 2.05) is 6.07 Å². The number of nitrogens with zero attached hydrogens (tertiary/aromatic N) is 6. The second kappa shape index (κ2) is 3.71. The molecule has 2 aromatic heterocycles. The summed E-state index contributed by atoms with van der Waals surface area (Å²) in [7, 11) is 1.51. The van der Waals surface area contributed by atoms with E-state index in [0.717, 1.165) is 0 Å². The van der Waals surface area contributed by atoms with Crippen LogP contribution in [-0.4, -0.2) is 31.8 Å². The molecule has 15 heavy (non-hydrogen) atoms. The van der Waals surface area contributed by atoms with Gasteiger partial charge in [0, 0.05) is 12.3 Å². The molecule has 2 aromatic rings. The molecule has 0 N–H and O–H groups in total. The van der Waals surface area contributed by atoms with Gasteiger partial charge in [0.2, 0.25) is 5.88 Å². The first-order valence-electron chi connectivity index (χ1n) is 4.02. The van der Waals surface area contributed by atoms with Gasteiger partial charge in [-0.2, -0.15) is 14.9 Å². The fourth-order valence-corrected chi connectivity index (χ4v) is 0.967. The average Bonchev–Trinajstić information content (AvgIpc) is 2.78. The van der Waals surface area contributed by atoms with Crippen LogP contribution in [0.2, 0.25) is 0 Å². The van der Waals surface area contributed by atoms with Crippen LogP contribution < -0.4 is 4.74 Å². The van der Waals surface area contributed by atoms with Crippen molar-refractivity contribution >= 4 is 0 Å². The Balaban J connectivity index is 2.41. The minimum Gasteiger partial charge on any atom is -0.481 e. The number of methoxy groups -OCH3 is 1. The van der Waals surface area contributed by atoms with Crippen LogP contribution in [0.5, 0.6) is 5.88 Å². The lowest BCUT2D eigenvalue weighted by Crippen LogP contribution is -2.02. The predicted molar refractivity (Wildman–Crippen MR) is 48.2 cm³/mol. The maximum absolute atomic E-state index is 8.54. The van der Waals surface area contributed by atoms with E-state index in [1.54, 1.807) is 6.07 Å². The highest BCUT2D eigenvalue weighted by Gasteiger charge is 2.05. The van der Waals surface area contributed by atoms with Gasteiger partial charge >= 0.3 is 0 Å². The van der Waals surface area contributed by atoms with E-state index >= 15 is 0 Å². The van der Waals surface area contributed by atoms with E-state index in [0.29, 0.717) is 11.8 Å². The summed E-state index contributed by atoms with van der Waals surface area (Å²) in [5.41, 5.74) is 0. The number of aromatic nitrogens is 5. The number of hydrogen-bond acceptors (Lipinski definition) is 6. The van der Waals surface area contributed by atoms with E-state index in [1.165, 1.54) is 24.3 Å². The van der Waals surface area contributed by atoms with Gasteiger partial charge in [-0.05, 0) is 0 Å². The average molecular weight is 202 g/mol. The summed E-state index contributed by atoms with van der Waals surface area (Å²) in [6.07, 6.45) is 2.90. The second-order valence-corrected chi connectivity index (χ2v) is 2.52. The van der Waals surface area contributed by atoms with Crippen LogP contribution in [0.25, 0.3) is 5.95 Å². The third-order valence-electron chi connectivity index (χ3n) is 1.62. The van der Waals surface area contributed by atoms with Crippen molar-refractivity contribution in [3.8, 4) is 17.9 Å². The van der Waals surface area contributed by atoms with Crippen LogP contribution in [0.3, 0.4) is 0 Å². The van der Waals surface area contributed by atoms with E-state index in [9.17, 15) is 0 Å².